The molecule has 1 aliphatic rings. The monoisotopic (exact) mass is 519 g/mol. The highest BCUT2D eigenvalue weighted by Crippen LogP contribution is 2.26. The van der Waals surface area contributed by atoms with E-state index in [9.17, 15) is 28.8 Å². The Morgan fingerprint density at radius 3 is 2.47 bits per heavy atom. The fourth-order valence-corrected chi connectivity index (χ4v) is 4.81. The van der Waals surface area contributed by atoms with E-state index in [-0.39, 0.29) is 81.5 Å². The van der Waals surface area contributed by atoms with Crippen molar-refractivity contribution in [3.63, 3.8) is 0 Å². The number of carbonyl (C=O) groups is 6. The number of Topliss-reactive ketones (excluding diaryl/α,β-unsaturated/α-hetero) is 2. The Bertz CT molecular complexity index is 764. The summed E-state index contributed by atoms with van der Waals surface area (Å²) in [4.78, 5) is 74.0. The van der Waals surface area contributed by atoms with Crippen LogP contribution in [0.25, 0.3) is 0 Å². The number of hydrogen-bond donors (Lipinski definition) is 5. The molecule has 1 heterocycles. The van der Waals surface area contributed by atoms with Crippen molar-refractivity contribution in [2.75, 3.05) is 37.8 Å². The van der Waals surface area contributed by atoms with Crippen molar-refractivity contribution in [3.05, 3.63) is 0 Å². The highest BCUT2D eigenvalue weighted by molar-refractivity contribution is 8.00. The first-order valence-electron chi connectivity index (χ1n) is 11.0. The first-order chi connectivity index (χ1) is 16.1. The lowest BCUT2D eigenvalue weighted by molar-refractivity contribution is -0.139. The molecule has 0 aromatic rings. The Hall–Kier alpha value is -1.96. The van der Waals surface area contributed by atoms with Crippen molar-refractivity contribution in [1.82, 2.24) is 15.5 Å². The van der Waals surface area contributed by atoms with Gasteiger partial charge in [0.2, 0.25) is 23.6 Å². The lowest BCUT2D eigenvalue weighted by Gasteiger charge is -2.19. The number of imide groups is 1. The molecule has 1 rings (SSSR count). The molecule has 34 heavy (non-hydrogen) atoms. The molecule has 0 saturated carbocycles. The fourth-order valence-electron chi connectivity index (χ4n) is 3.30. The maximum absolute atomic E-state index is 12.7. The fraction of sp³-hybridized carbons (Fsp3) is 0.714. The van der Waals surface area contributed by atoms with Gasteiger partial charge >= 0.3 is 0 Å². The SMILES string of the molecule is CC(=O)NC(CSC1CC(=O)N(CCC(=O)CC(CS)C(=O)NCCO)C1=O)C(=O)CCCO. The van der Waals surface area contributed by atoms with E-state index in [0.29, 0.717) is 0 Å². The number of thioether (sulfide) groups is 1. The van der Waals surface area contributed by atoms with Crippen LogP contribution in [-0.2, 0) is 28.8 Å². The molecule has 0 aromatic heterocycles. The van der Waals surface area contributed by atoms with Gasteiger partial charge in [-0.3, -0.25) is 33.7 Å². The number of ketones is 2. The summed E-state index contributed by atoms with van der Waals surface area (Å²) in [5.74, 6) is -2.69. The number of rotatable bonds is 17. The third-order valence-electron chi connectivity index (χ3n) is 5.10. The molecule has 1 fully saturated rings. The minimum absolute atomic E-state index is 0.0713. The van der Waals surface area contributed by atoms with Gasteiger partial charge in [0.25, 0.3) is 0 Å². The second-order valence-corrected chi connectivity index (χ2v) is 9.44. The number of thiol groups is 1. The summed E-state index contributed by atoms with van der Waals surface area (Å²) in [6.45, 7) is 0.865. The van der Waals surface area contributed by atoms with E-state index in [1.54, 1.807) is 0 Å². The molecule has 0 radical (unpaired) electrons. The van der Waals surface area contributed by atoms with Crippen molar-refractivity contribution in [3.8, 4) is 0 Å². The van der Waals surface area contributed by atoms with Crippen molar-refractivity contribution < 1.29 is 39.0 Å². The summed E-state index contributed by atoms with van der Waals surface area (Å²) in [5, 5.41) is 22.0. The van der Waals surface area contributed by atoms with Gasteiger partial charge in [0, 0.05) is 63.8 Å². The van der Waals surface area contributed by atoms with Crippen LogP contribution in [0.1, 0.15) is 39.0 Å². The molecule has 1 aliphatic heterocycles. The standard InChI is InChI=1S/C21H33N3O8S2/c1-13(27)23-16(17(29)3-2-7-25)12-34-18-10-19(30)24(21(18)32)6-4-15(28)9-14(11-33)20(31)22-5-8-26/h14,16,18,25-26,33H,2-12H2,1H3,(H,22,31)(H,23,27). The number of likely N-dealkylation sites (tertiary alicyclic amines) is 1. The van der Waals surface area contributed by atoms with E-state index in [1.165, 1.54) is 6.92 Å². The molecule has 0 bridgehead atoms. The smallest absolute Gasteiger partial charge is 0.242 e. The summed E-state index contributed by atoms with van der Waals surface area (Å²) in [5.41, 5.74) is 0. The van der Waals surface area contributed by atoms with Gasteiger partial charge in [-0.15, -0.1) is 11.8 Å². The van der Waals surface area contributed by atoms with Gasteiger partial charge in [-0.1, -0.05) is 0 Å². The van der Waals surface area contributed by atoms with Crippen LogP contribution in [0.2, 0.25) is 0 Å². The van der Waals surface area contributed by atoms with E-state index >= 15 is 0 Å². The number of carbonyl (C=O) groups excluding carboxylic acids is 6. The normalized spacial score (nSPS) is 17.4. The third kappa shape index (κ3) is 10.1. The lowest BCUT2D eigenvalue weighted by Crippen LogP contribution is -2.42. The van der Waals surface area contributed by atoms with Crippen LogP contribution in [-0.4, -0.2) is 99.4 Å². The molecule has 0 spiro atoms. The zero-order valence-corrected chi connectivity index (χ0v) is 20.9. The second-order valence-electron chi connectivity index (χ2n) is 7.84. The maximum atomic E-state index is 12.7. The maximum Gasteiger partial charge on any atom is 0.242 e. The van der Waals surface area contributed by atoms with Crippen molar-refractivity contribution >= 4 is 59.6 Å². The van der Waals surface area contributed by atoms with E-state index in [4.69, 9.17) is 10.2 Å². The first-order valence-corrected chi connectivity index (χ1v) is 12.7. The number of hydrogen-bond acceptors (Lipinski definition) is 10. The highest BCUT2D eigenvalue weighted by atomic mass is 32.2. The number of amides is 4. The Labute approximate surface area is 208 Å². The van der Waals surface area contributed by atoms with Gasteiger partial charge < -0.3 is 20.8 Å². The molecule has 3 unspecified atom stereocenters. The molecular formula is C21H33N3O8S2. The molecule has 0 aliphatic carbocycles. The number of aliphatic hydroxyl groups excluding tert-OH is 2. The average molecular weight is 520 g/mol. The van der Waals surface area contributed by atoms with Crippen molar-refractivity contribution in [2.24, 2.45) is 5.92 Å². The van der Waals surface area contributed by atoms with E-state index < -0.39 is 40.8 Å². The zero-order chi connectivity index (χ0) is 25.7. The molecule has 11 nitrogen and oxygen atoms in total. The Morgan fingerprint density at radius 1 is 1.18 bits per heavy atom. The van der Waals surface area contributed by atoms with Gasteiger partial charge in [-0.05, 0) is 6.42 Å². The van der Waals surface area contributed by atoms with Gasteiger partial charge in [0.05, 0.1) is 23.8 Å². The minimum atomic E-state index is -0.831. The largest absolute Gasteiger partial charge is 0.396 e. The van der Waals surface area contributed by atoms with Gasteiger partial charge in [0.15, 0.2) is 5.78 Å². The predicted octanol–water partition coefficient (Wildman–Crippen LogP) is -1.30. The van der Waals surface area contributed by atoms with E-state index in [0.717, 1.165) is 16.7 Å². The summed E-state index contributed by atoms with van der Waals surface area (Å²) < 4.78 is 0. The number of nitrogens with one attached hydrogen (secondary N) is 2. The summed E-state index contributed by atoms with van der Waals surface area (Å²) in [6.07, 6.45) is 0.0841. The van der Waals surface area contributed by atoms with Crippen LogP contribution in [0, 0.1) is 5.92 Å². The number of nitrogens with zero attached hydrogens (tertiary/aromatic N) is 1. The van der Waals surface area contributed by atoms with Crippen molar-refractivity contribution in [1.29, 1.82) is 0 Å². The van der Waals surface area contributed by atoms with Crippen LogP contribution in [0.5, 0.6) is 0 Å². The third-order valence-corrected chi connectivity index (χ3v) is 6.84. The summed E-state index contributed by atoms with van der Waals surface area (Å²) in [7, 11) is 0. The van der Waals surface area contributed by atoms with Crippen LogP contribution >= 0.6 is 24.4 Å². The molecule has 0 aromatic carbocycles. The van der Waals surface area contributed by atoms with Gasteiger partial charge in [-0.25, -0.2) is 0 Å². The van der Waals surface area contributed by atoms with Gasteiger partial charge in [0.1, 0.15) is 5.78 Å². The summed E-state index contributed by atoms with van der Waals surface area (Å²) >= 11 is 5.17. The molecule has 192 valence electrons. The molecule has 13 heteroatoms. The van der Waals surface area contributed by atoms with Crippen molar-refractivity contribution in [2.45, 2.75) is 50.3 Å². The van der Waals surface area contributed by atoms with E-state index in [2.05, 4.69) is 23.3 Å². The van der Waals surface area contributed by atoms with Crippen LogP contribution in [0.4, 0.5) is 0 Å². The molecule has 4 N–H and O–H groups in total. The topological polar surface area (TPSA) is 170 Å². The van der Waals surface area contributed by atoms with Crippen LogP contribution < -0.4 is 10.6 Å². The molecule has 1 saturated heterocycles. The molecule has 4 amide bonds. The molecule has 3 atom stereocenters. The Balaban J connectivity index is 2.60. The van der Waals surface area contributed by atoms with E-state index in [1.807, 2.05) is 0 Å². The second kappa shape index (κ2) is 15.8. The predicted molar refractivity (Wildman–Crippen MR) is 128 cm³/mol. The summed E-state index contributed by atoms with van der Waals surface area (Å²) in [6, 6.07) is -0.831. The zero-order valence-electron chi connectivity index (χ0n) is 19.2. The van der Waals surface area contributed by atoms with Crippen LogP contribution in [0.3, 0.4) is 0 Å². The molecular weight excluding hydrogens is 486 g/mol. The van der Waals surface area contributed by atoms with Gasteiger partial charge in [-0.2, -0.15) is 12.6 Å². The number of aliphatic hydroxyl groups is 2. The van der Waals surface area contributed by atoms with Crippen LogP contribution in [0.15, 0.2) is 0 Å². The highest BCUT2D eigenvalue weighted by Gasteiger charge is 2.39. The first kappa shape index (κ1) is 30.1. The quantitative estimate of drug-likeness (QED) is 0.116. The lowest BCUT2D eigenvalue weighted by atomic mass is 10.0. The Kier molecular flexibility index (Phi) is 14.0. The Morgan fingerprint density at radius 2 is 1.88 bits per heavy atom. The average Bonchev–Trinajstić information content (AvgIpc) is 3.07. The minimum Gasteiger partial charge on any atom is -0.396 e.